The highest BCUT2D eigenvalue weighted by Crippen LogP contribution is 2.23. The number of nitrogens with zero attached hydrogens (tertiary/aromatic N) is 2. The summed E-state index contributed by atoms with van der Waals surface area (Å²) in [6.07, 6.45) is 0.745. The van der Waals surface area contributed by atoms with Crippen LogP contribution in [0, 0.1) is 0 Å². The van der Waals surface area contributed by atoms with E-state index in [0.717, 1.165) is 28.9 Å². The first-order chi connectivity index (χ1) is 12.7. The minimum absolute atomic E-state index is 0.00399. The maximum atomic E-state index is 12.6. The summed E-state index contributed by atoms with van der Waals surface area (Å²) in [4.78, 5) is 12.6. The molecule has 3 aromatic rings. The molecule has 132 valence electrons. The van der Waals surface area contributed by atoms with Crippen molar-refractivity contribution in [2.45, 2.75) is 19.3 Å². The Morgan fingerprint density at radius 2 is 1.73 bits per heavy atom. The number of hydrogen-bond acceptors (Lipinski definition) is 4. The Balaban J connectivity index is 1.71. The Labute approximate surface area is 153 Å². The molecule has 1 heterocycles. The van der Waals surface area contributed by atoms with Crippen LogP contribution in [0.3, 0.4) is 0 Å². The lowest BCUT2D eigenvalue weighted by atomic mass is 9.95. The van der Waals surface area contributed by atoms with E-state index in [9.17, 15) is 4.79 Å². The number of rotatable bonds is 6. The van der Waals surface area contributed by atoms with Gasteiger partial charge in [-0.2, -0.15) is 0 Å². The number of aromatic nitrogens is 2. The number of ether oxygens (including phenoxy) is 1. The molecule has 0 aliphatic carbocycles. The van der Waals surface area contributed by atoms with Crippen LogP contribution in [0.15, 0.2) is 66.7 Å². The zero-order chi connectivity index (χ0) is 18.4. The molecule has 5 nitrogen and oxygen atoms in total. The van der Waals surface area contributed by atoms with E-state index >= 15 is 0 Å². The third kappa shape index (κ3) is 4.06. The second-order valence-electron chi connectivity index (χ2n) is 5.90. The van der Waals surface area contributed by atoms with Crippen LogP contribution >= 0.6 is 0 Å². The fraction of sp³-hybridized carbons (Fsp3) is 0.190. The molecule has 0 radical (unpaired) electrons. The smallest absolute Gasteiger partial charge is 0.233 e. The standard InChI is InChI=1S/C21H21N3O2/c1-3-18(15-7-5-4-6-8-15)21(25)22-17-11-9-16(10-12-17)19-13-14-20(26-2)24-23-19/h4-14,18H,3H2,1-2H3,(H,22,25). The minimum Gasteiger partial charge on any atom is -0.480 e. The summed E-state index contributed by atoms with van der Waals surface area (Å²) in [6.45, 7) is 2.02. The van der Waals surface area contributed by atoms with Crippen LogP contribution in [0.25, 0.3) is 11.3 Å². The Morgan fingerprint density at radius 1 is 1.00 bits per heavy atom. The highest BCUT2D eigenvalue weighted by Gasteiger charge is 2.18. The predicted molar refractivity (Wildman–Crippen MR) is 102 cm³/mol. The Morgan fingerprint density at radius 3 is 2.31 bits per heavy atom. The fourth-order valence-corrected chi connectivity index (χ4v) is 2.79. The molecule has 0 saturated heterocycles. The van der Waals surface area contributed by atoms with Crippen LogP contribution < -0.4 is 10.1 Å². The third-order valence-electron chi connectivity index (χ3n) is 4.22. The van der Waals surface area contributed by atoms with Crippen molar-refractivity contribution in [3.8, 4) is 17.1 Å². The van der Waals surface area contributed by atoms with Gasteiger partial charge in [0.05, 0.1) is 18.7 Å². The number of amides is 1. The van der Waals surface area contributed by atoms with Crippen molar-refractivity contribution in [3.05, 3.63) is 72.3 Å². The summed E-state index contributed by atoms with van der Waals surface area (Å²) in [5, 5.41) is 11.1. The van der Waals surface area contributed by atoms with E-state index < -0.39 is 0 Å². The number of methoxy groups -OCH3 is 1. The molecule has 1 N–H and O–H groups in total. The highest BCUT2D eigenvalue weighted by atomic mass is 16.5. The lowest BCUT2D eigenvalue weighted by Crippen LogP contribution is -2.20. The first-order valence-electron chi connectivity index (χ1n) is 8.55. The van der Waals surface area contributed by atoms with Gasteiger partial charge in [-0.15, -0.1) is 10.2 Å². The molecule has 3 rings (SSSR count). The van der Waals surface area contributed by atoms with E-state index in [0.29, 0.717) is 5.88 Å². The number of carbonyl (C=O) groups excluding carboxylic acids is 1. The van der Waals surface area contributed by atoms with Gasteiger partial charge >= 0.3 is 0 Å². The van der Waals surface area contributed by atoms with Crippen LogP contribution in [0.5, 0.6) is 5.88 Å². The van der Waals surface area contributed by atoms with Crippen LogP contribution in [0.2, 0.25) is 0 Å². The third-order valence-corrected chi connectivity index (χ3v) is 4.22. The highest BCUT2D eigenvalue weighted by molar-refractivity contribution is 5.96. The van der Waals surface area contributed by atoms with E-state index in [1.807, 2.05) is 67.6 Å². The lowest BCUT2D eigenvalue weighted by molar-refractivity contribution is -0.117. The SMILES string of the molecule is CCC(C(=O)Nc1ccc(-c2ccc(OC)nn2)cc1)c1ccccc1. The zero-order valence-corrected chi connectivity index (χ0v) is 14.8. The van der Waals surface area contributed by atoms with Crippen molar-refractivity contribution < 1.29 is 9.53 Å². The number of benzene rings is 2. The number of nitrogens with one attached hydrogen (secondary N) is 1. The van der Waals surface area contributed by atoms with E-state index in [4.69, 9.17) is 4.74 Å². The lowest BCUT2D eigenvalue weighted by Gasteiger charge is -2.15. The second-order valence-corrected chi connectivity index (χ2v) is 5.90. The van der Waals surface area contributed by atoms with E-state index in [1.165, 1.54) is 0 Å². The van der Waals surface area contributed by atoms with Crippen molar-refractivity contribution in [2.24, 2.45) is 0 Å². The molecule has 0 aliphatic rings. The fourth-order valence-electron chi connectivity index (χ4n) is 2.79. The number of hydrogen-bond donors (Lipinski definition) is 1. The average molecular weight is 347 g/mol. The van der Waals surface area contributed by atoms with Crippen LogP contribution in [0.4, 0.5) is 5.69 Å². The molecule has 1 unspecified atom stereocenters. The van der Waals surface area contributed by atoms with Crippen LogP contribution in [-0.4, -0.2) is 23.2 Å². The monoisotopic (exact) mass is 347 g/mol. The van der Waals surface area contributed by atoms with Crippen LogP contribution in [-0.2, 0) is 4.79 Å². The van der Waals surface area contributed by atoms with Crippen LogP contribution in [0.1, 0.15) is 24.8 Å². The van der Waals surface area contributed by atoms with Gasteiger partial charge in [-0.05, 0) is 30.2 Å². The second kappa shape index (κ2) is 8.25. The van der Waals surface area contributed by atoms with E-state index in [2.05, 4.69) is 15.5 Å². The predicted octanol–water partition coefficient (Wildman–Crippen LogP) is 4.28. The molecule has 1 aromatic heterocycles. The van der Waals surface area contributed by atoms with Crippen molar-refractivity contribution in [1.29, 1.82) is 0 Å². The molecule has 0 saturated carbocycles. The van der Waals surface area contributed by atoms with Gasteiger partial charge in [0.25, 0.3) is 0 Å². The van der Waals surface area contributed by atoms with Gasteiger partial charge in [-0.3, -0.25) is 4.79 Å². The number of anilines is 1. The molecule has 5 heteroatoms. The Hall–Kier alpha value is -3.21. The number of carbonyl (C=O) groups is 1. The molecular formula is C21H21N3O2. The topological polar surface area (TPSA) is 64.1 Å². The first-order valence-corrected chi connectivity index (χ1v) is 8.55. The van der Waals surface area contributed by atoms with E-state index in [-0.39, 0.29) is 11.8 Å². The van der Waals surface area contributed by atoms with Gasteiger partial charge < -0.3 is 10.1 Å². The summed E-state index contributed by atoms with van der Waals surface area (Å²) in [7, 11) is 1.56. The van der Waals surface area contributed by atoms with Gasteiger partial charge in [0.1, 0.15) is 0 Å². The van der Waals surface area contributed by atoms with Crippen molar-refractivity contribution in [2.75, 3.05) is 12.4 Å². The summed E-state index contributed by atoms with van der Waals surface area (Å²) < 4.78 is 5.02. The van der Waals surface area contributed by atoms with Gasteiger partial charge in [-0.1, -0.05) is 49.4 Å². The summed E-state index contributed by atoms with van der Waals surface area (Å²) >= 11 is 0. The van der Waals surface area contributed by atoms with Crippen molar-refractivity contribution in [3.63, 3.8) is 0 Å². The molecule has 26 heavy (non-hydrogen) atoms. The van der Waals surface area contributed by atoms with Crippen molar-refractivity contribution >= 4 is 11.6 Å². The molecule has 1 amide bonds. The maximum Gasteiger partial charge on any atom is 0.233 e. The maximum absolute atomic E-state index is 12.6. The molecule has 0 spiro atoms. The van der Waals surface area contributed by atoms with Gasteiger partial charge in [0.15, 0.2) is 0 Å². The van der Waals surface area contributed by atoms with Gasteiger partial charge in [0.2, 0.25) is 11.8 Å². The largest absolute Gasteiger partial charge is 0.480 e. The first kappa shape index (κ1) is 17.6. The van der Waals surface area contributed by atoms with Gasteiger partial charge in [0, 0.05) is 17.3 Å². The van der Waals surface area contributed by atoms with Gasteiger partial charge in [-0.25, -0.2) is 0 Å². The normalized spacial score (nSPS) is 11.6. The Bertz CT molecular complexity index is 847. The quantitative estimate of drug-likeness (QED) is 0.723. The molecule has 0 aliphatic heterocycles. The summed E-state index contributed by atoms with van der Waals surface area (Å²) in [5.41, 5.74) is 3.46. The molecule has 1 atom stereocenters. The summed E-state index contributed by atoms with van der Waals surface area (Å²) in [5.74, 6) is 0.308. The van der Waals surface area contributed by atoms with E-state index in [1.54, 1.807) is 13.2 Å². The molecule has 0 bridgehead atoms. The minimum atomic E-state index is -0.164. The van der Waals surface area contributed by atoms with Crippen molar-refractivity contribution in [1.82, 2.24) is 10.2 Å². The molecule has 2 aromatic carbocycles. The summed E-state index contributed by atoms with van der Waals surface area (Å²) in [6, 6.07) is 21.0. The zero-order valence-electron chi connectivity index (χ0n) is 14.8. The average Bonchev–Trinajstić information content (AvgIpc) is 2.70. The Kier molecular flexibility index (Phi) is 5.59. The molecule has 0 fully saturated rings. The molecular weight excluding hydrogens is 326 g/mol.